The van der Waals surface area contributed by atoms with Crippen molar-refractivity contribution in [2.24, 2.45) is 0 Å². The molecule has 2 aromatic carbocycles. The molecule has 0 bridgehead atoms. The summed E-state index contributed by atoms with van der Waals surface area (Å²) < 4.78 is 16.7. The first-order valence-corrected chi connectivity index (χ1v) is 6.83. The fraction of sp³-hybridized carbons (Fsp3) is 0.133. The lowest BCUT2D eigenvalue weighted by Crippen LogP contribution is -2.05. The largest absolute Gasteiger partial charge is 0.457 e. The molecule has 20 heavy (non-hydrogen) atoms. The lowest BCUT2D eigenvalue weighted by Gasteiger charge is -2.06. The SMILES string of the molecule is O=C(OCc1ccc(Br)cc1)c1ccc2c(c1)OCO2. The lowest BCUT2D eigenvalue weighted by molar-refractivity contribution is 0.0472. The highest BCUT2D eigenvalue weighted by Crippen LogP contribution is 2.32. The number of halogens is 1. The van der Waals surface area contributed by atoms with Gasteiger partial charge in [0, 0.05) is 4.47 Å². The maximum atomic E-state index is 12.0. The van der Waals surface area contributed by atoms with Crippen molar-refractivity contribution in [1.82, 2.24) is 0 Å². The van der Waals surface area contributed by atoms with Crippen LogP contribution in [0, 0.1) is 0 Å². The Morgan fingerprint density at radius 1 is 1.10 bits per heavy atom. The maximum Gasteiger partial charge on any atom is 0.338 e. The van der Waals surface area contributed by atoms with Crippen LogP contribution in [-0.4, -0.2) is 12.8 Å². The van der Waals surface area contributed by atoms with E-state index in [2.05, 4.69) is 15.9 Å². The van der Waals surface area contributed by atoms with Gasteiger partial charge in [-0.05, 0) is 35.9 Å². The van der Waals surface area contributed by atoms with Gasteiger partial charge in [-0.15, -0.1) is 0 Å². The molecule has 0 saturated heterocycles. The van der Waals surface area contributed by atoms with Crippen molar-refractivity contribution in [3.63, 3.8) is 0 Å². The quantitative estimate of drug-likeness (QED) is 0.805. The van der Waals surface area contributed by atoms with Crippen molar-refractivity contribution >= 4 is 21.9 Å². The van der Waals surface area contributed by atoms with Gasteiger partial charge in [0.05, 0.1) is 5.56 Å². The molecule has 0 radical (unpaired) electrons. The first kappa shape index (κ1) is 13.0. The summed E-state index contributed by atoms with van der Waals surface area (Å²) in [5.41, 5.74) is 1.38. The van der Waals surface area contributed by atoms with Gasteiger partial charge < -0.3 is 14.2 Å². The average molecular weight is 335 g/mol. The van der Waals surface area contributed by atoms with Gasteiger partial charge >= 0.3 is 5.97 Å². The molecule has 2 aromatic rings. The fourth-order valence-corrected chi connectivity index (χ4v) is 2.10. The second-order valence-corrected chi connectivity index (χ2v) is 5.19. The van der Waals surface area contributed by atoms with Gasteiger partial charge in [0.25, 0.3) is 0 Å². The second kappa shape index (κ2) is 5.54. The standard InChI is InChI=1S/C15H11BrO4/c16-12-4-1-10(2-5-12)8-18-15(17)11-3-6-13-14(7-11)20-9-19-13/h1-7H,8-9H2. The molecule has 0 amide bonds. The third-order valence-electron chi connectivity index (χ3n) is 2.89. The third kappa shape index (κ3) is 2.77. The molecule has 0 saturated carbocycles. The summed E-state index contributed by atoms with van der Waals surface area (Å²) in [6.45, 7) is 0.424. The van der Waals surface area contributed by atoms with Crippen molar-refractivity contribution < 1.29 is 19.0 Å². The Labute approximate surface area is 124 Å². The first-order valence-electron chi connectivity index (χ1n) is 6.03. The van der Waals surface area contributed by atoms with Crippen molar-refractivity contribution in [1.29, 1.82) is 0 Å². The Hall–Kier alpha value is -2.01. The van der Waals surface area contributed by atoms with Crippen LogP contribution in [0.3, 0.4) is 0 Å². The van der Waals surface area contributed by atoms with Crippen LogP contribution in [0.5, 0.6) is 11.5 Å². The number of benzene rings is 2. The van der Waals surface area contributed by atoms with E-state index >= 15 is 0 Å². The number of carbonyl (C=O) groups is 1. The summed E-state index contributed by atoms with van der Waals surface area (Å²) in [6.07, 6.45) is 0. The number of fused-ring (bicyclic) bond motifs is 1. The molecule has 102 valence electrons. The smallest absolute Gasteiger partial charge is 0.338 e. The highest BCUT2D eigenvalue weighted by Gasteiger charge is 2.16. The molecule has 0 fully saturated rings. The predicted molar refractivity (Wildman–Crippen MR) is 75.8 cm³/mol. The highest BCUT2D eigenvalue weighted by atomic mass is 79.9. The molecular weight excluding hydrogens is 324 g/mol. The maximum absolute atomic E-state index is 12.0. The van der Waals surface area contributed by atoms with E-state index in [1.807, 2.05) is 24.3 Å². The third-order valence-corrected chi connectivity index (χ3v) is 3.42. The summed E-state index contributed by atoms with van der Waals surface area (Å²) in [6, 6.07) is 12.6. The van der Waals surface area contributed by atoms with E-state index < -0.39 is 0 Å². The van der Waals surface area contributed by atoms with Crippen LogP contribution in [0.25, 0.3) is 0 Å². The molecule has 4 nitrogen and oxygen atoms in total. The zero-order chi connectivity index (χ0) is 13.9. The van der Waals surface area contributed by atoms with E-state index in [0.717, 1.165) is 10.0 Å². The summed E-state index contributed by atoms with van der Waals surface area (Å²) in [5.74, 6) is 0.837. The Bertz CT molecular complexity index is 637. The molecular formula is C15H11BrO4. The van der Waals surface area contributed by atoms with E-state index in [4.69, 9.17) is 14.2 Å². The Morgan fingerprint density at radius 3 is 2.65 bits per heavy atom. The molecule has 0 aliphatic carbocycles. The van der Waals surface area contributed by atoms with Crippen LogP contribution >= 0.6 is 15.9 Å². The van der Waals surface area contributed by atoms with Crippen molar-refractivity contribution in [3.8, 4) is 11.5 Å². The normalized spacial score (nSPS) is 12.2. The summed E-state index contributed by atoms with van der Waals surface area (Å²) in [4.78, 5) is 12.0. The Kier molecular flexibility index (Phi) is 3.60. The van der Waals surface area contributed by atoms with Crippen molar-refractivity contribution in [2.75, 3.05) is 6.79 Å². The van der Waals surface area contributed by atoms with Gasteiger partial charge in [0.2, 0.25) is 6.79 Å². The summed E-state index contributed by atoms with van der Waals surface area (Å²) in [7, 11) is 0. The lowest BCUT2D eigenvalue weighted by atomic mass is 10.2. The fourth-order valence-electron chi connectivity index (χ4n) is 1.84. The van der Waals surface area contributed by atoms with Gasteiger partial charge in [-0.3, -0.25) is 0 Å². The van der Waals surface area contributed by atoms with Gasteiger partial charge in [0.15, 0.2) is 11.5 Å². The van der Waals surface area contributed by atoms with Gasteiger partial charge in [-0.1, -0.05) is 28.1 Å². The molecule has 0 atom stereocenters. The zero-order valence-corrected chi connectivity index (χ0v) is 12.1. The number of hydrogen-bond acceptors (Lipinski definition) is 4. The van der Waals surface area contributed by atoms with E-state index in [1.54, 1.807) is 18.2 Å². The Morgan fingerprint density at radius 2 is 1.85 bits per heavy atom. The van der Waals surface area contributed by atoms with Gasteiger partial charge in [0.1, 0.15) is 6.61 Å². The average Bonchev–Trinajstić information content (AvgIpc) is 2.93. The highest BCUT2D eigenvalue weighted by molar-refractivity contribution is 9.10. The minimum absolute atomic E-state index is 0.187. The van der Waals surface area contributed by atoms with Crippen LogP contribution in [0.1, 0.15) is 15.9 Å². The minimum Gasteiger partial charge on any atom is -0.457 e. The molecule has 1 aliphatic rings. The number of esters is 1. The van der Waals surface area contributed by atoms with E-state index in [0.29, 0.717) is 17.1 Å². The number of carbonyl (C=O) groups excluding carboxylic acids is 1. The number of hydrogen-bond donors (Lipinski definition) is 0. The second-order valence-electron chi connectivity index (χ2n) is 4.27. The van der Waals surface area contributed by atoms with E-state index in [1.165, 1.54) is 0 Å². The predicted octanol–water partition coefficient (Wildman–Crippen LogP) is 3.53. The summed E-state index contributed by atoms with van der Waals surface area (Å²) in [5, 5.41) is 0. The van der Waals surface area contributed by atoms with Crippen molar-refractivity contribution in [2.45, 2.75) is 6.61 Å². The topological polar surface area (TPSA) is 44.8 Å². The first-order chi connectivity index (χ1) is 9.72. The molecule has 0 unspecified atom stereocenters. The molecule has 5 heteroatoms. The van der Waals surface area contributed by atoms with E-state index in [9.17, 15) is 4.79 Å². The number of ether oxygens (including phenoxy) is 3. The van der Waals surface area contributed by atoms with Crippen LogP contribution < -0.4 is 9.47 Å². The zero-order valence-electron chi connectivity index (χ0n) is 10.5. The monoisotopic (exact) mass is 334 g/mol. The van der Waals surface area contributed by atoms with Gasteiger partial charge in [-0.2, -0.15) is 0 Å². The molecule has 0 spiro atoms. The molecule has 1 aliphatic heterocycles. The van der Waals surface area contributed by atoms with Crippen LogP contribution in [0.4, 0.5) is 0 Å². The molecule has 0 aromatic heterocycles. The molecule has 3 rings (SSSR count). The summed E-state index contributed by atoms with van der Waals surface area (Å²) >= 11 is 3.36. The van der Waals surface area contributed by atoms with Crippen LogP contribution in [-0.2, 0) is 11.3 Å². The minimum atomic E-state index is -0.383. The van der Waals surface area contributed by atoms with Gasteiger partial charge in [-0.25, -0.2) is 4.79 Å². The molecule has 0 N–H and O–H groups in total. The van der Waals surface area contributed by atoms with E-state index in [-0.39, 0.29) is 19.4 Å². The van der Waals surface area contributed by atoms with Crippen LogP contribution in [0.2, 0.25) is 0 Å². The van der Waals surface area contributed by atoms with Crippen LogP contribution in [0.15, 0.2) is 46.9 Å². The Balaban J connectivity index is 1.66. The number of rotatable bonds is 3. The molecule has 1 heterocycles. The van der Waals surface area contributed by atoms with Crippen molar-refractivity contribution in [3.05, 3.63) is 58.1 Å².